The molecule has 1 aromatic carbocycles. The maximum absolute atomic E-state index is 13.5. The van der Waals surface area contributed by atoms with E-state index in [0.29, 0.717) is 32.4 Å². The van der Waals surface area contributed by atoms with Crippen molar-refractivity contribution in [1.29, 1.82) is 0 Å². The van der Waals surface area contributed by atoms with E-state index in [2.05, 4.69) is 52.0 Å². The fourth-order valence-electron chi connectivity index (χ4n) is 5.52. The van der Waals surface area contributed by atoms with Crippen molar-refractivity contribution in [3.63, 3.8) is 0 Å². The quantitative estimate of drug-likeness (QED) is 0.374. The van der Waals surface area contributed by atoms with Gasteiger partial charge in [0.25, 0.3) is 0 Å². The summed E-state index contributed by atoms with van der Waals surface area (Å²) in [6.45, 7) is 7.78. The van der Waals surface area contributed by atoms with Crippen LogP contribution in [0, 0.1) is 6.92 Å². The molecule has 3 N–H and O–H groups in total. The number of piperidine rings is 1. The molecule has 0 aliphatic carbocycles. The molecule has 206 valence electrons. The lowest BCUT2D eigenvalue weighted by atomic mass is 9.81. The van der Waals surface area contributed by atoms with E-state index in [9.17, 15) is 14.4 Å². The second-order valence-electron chi connectivity index (χ2n) is 10.5. The SMILES string of the molecule is CCCN1C(=O)[C@H](CCCCNC(=O)Nc2cc(C)cs2)NC(=O)C12CCN(CCc1ccccc1)CC2. The third-order valence-electron chi connectivity index (χ3n) is 7.67. The lowest BCUT2D eigenvalue weighted by Gasteiger charge is -2.51. The number of anilines is 1. The van der Waals surface area contributed by atoms with Crippen molar-refractivity contribution >= 4 is 34.2 Å². The fraction of sp³-hybridized carbons (Fsp3) is 0.552. The van der Waals surface area contributed by atoms with Crippen molar-refractivity contribution in [2.45, 2.75) is 70.4 Å². The summed E-state index contributed by atoms with van der Waals surface area (Å²) in [5, 5.41) is 11.6. The summed E-state index contributed by atoms with van der Waals surface area (Å²) < 4.78 is 0. The topological polar surface area (TPSA) is 93.8 Å². The Hall–Kier alpha value is -2.91. The van der Waals surface area contributed by atoms with Gasteiger partial charge in [-0.2, -0.15) is 0 Å². The number of aryl methyl sites for hydroxylation is 1. The number of hydrogen-bond acceptors (Lipinski definition) is 5. The van der Waals surface area contributed by atoms with Gasteiger partial charge in [-0.25, -0.2) is 4.79 Å². The Morgan fingerprint density at radius 3 is 2.58 bits per heavy atom. The summed E-state index contributed by atoms with van der Waals surface area (Å²) in [7, 11) is 0. The smallest absolute Gasteiger partial charge is 0.319 e. The highest BCUT2D eigenvalue weighted by atomic mass is 32.1. The van der Waals surface area contributed by atoms with Gasteiger partial charge in [-0.15, -0.1) is 11.3 Å². The molecule has 0 bridgehead atoms. The van der Waals surface area contributed by atoms with E-state index in [0.717, 1.165) is 55.9 Å². The van der Waals surface area contributed by atoms with Gasteiger partial charge in [-0.3, -0.25) is 14.9 Å². The van der Waals surface area contributed by atoms with Gasteiger partial charge in [0.2, 0.25) is 11.8 Å². The van der Waals surface area contributed by atoms with Gasteiger partial charge in [-0.1, -0.05) is 37.3 Å². The maximum Gasteiger partial charge on any atom is 0.319 e. The highest BCUT2D eigenvalue weighted by Crippen LogP contribution is 2.34. The first-order valence-electron chi connectivity index (χ1n) is 13.9. The van der Waals surface area contributed by atoms with Crippen molar-refractivity contribution in [3.05, 3.63) is 52.9 Å². The van der Waals surface area contributed by atoms with Gasteiger partial charge in [0.05, 0.1) is 5.00 Å². The Kier molecular flexibility index (Phi) is 9.80. The zero-order chi connectivity index (χ0) is 27.0. The third-order valence-corrected chi connectivity index (χ3v) is 8.63. The zero-order valence-corrected chi connectivity index (χ0v) is 23.4. The Labute approximate surface area is 230 Å². The first-order valence-corrected chi connectivity index (χ1v) is 14.8. The van der Waals surface area contributed by atoms with Crippen LogP contribution in [0.15, 0.2) is 41.8 Å². The van der Waals surface area contributed by atoms with Gasteiger partial charge < -0.3 is 20.4 Å². The van der Waals surface area contributed by atoms with Crippen LogP contribution < -0.4 is 16.0 Å². The highest BCUT2D eigenvalue weighted by molar-refractivity contribution is 7.14. The molecular weight excluding hydrogens is 498 g/mol. The minimum atomic E-state index is -0.730. The van der Waals surface area contributed by atoms with Gasteiger partial charge in [-0.05, 0) is 74.4 Å². The fourth-order valence-corrected chi connectivity index (χ4v) is 6.31. The molecule has 38 heavy (non-hydrogen) atoms. The average Bonchev–Trinajstić information content (AvgIpc) is 3.33. The lowest BCUT2D eigenvalue weighted by molar-refractivity contribution is -0.161. The molecule has 4 rings (SSSR count). The number of thiophene rings is 1. The second-order valence-corrected chi connectivity index (χ2v) is 11.4. The molecule has 0 radical (unpaired) electrons. The molecule has 8 nitrogen and oxygen atoms in total. The van der Waals surface area contributed by atoms with Gasteiger partial charge >= 0.3 is 6.03 Å². The van der Waals surface area contributed by atoms with Crippen LogP contribution in [0.25, 0.3) is 0 Å². The number of amides is 4. The average molecular weight is 540 g/mol. The summed E-state index contributed by atoms with van der Waals surface area (Å²) in [6.07, 6.45) is 5.24. The van der Waals surface area contributed by atoms with Crippen LogP contribution in [0.4, 0.5) is 9.80 Å². The minimum Gasteiger partial charge on any atom is -0.342 e. The van der Waals surface area contributed by atoms with Crippen LogP contribution in [0.3, 0.4) is 0 Å². The van der Waals surface area contributed by atoms with E-state index in [1.165, 1.54) is 16.9 Å². The highest BCUT2D eigenvalue weighted by Gasteiger charge is 2.52. The number of nitrogens with one attached hydrogen (secondary N) is 3. The number of urea groups is 1. The van der Waals surface area contributed by atoms with E-state index in [1.807, 2.05) is 29.3 Å². The lowest BCUT2D eigenvalue weighted by Crippen LogP contribution is -2.72. The Balaban J connectivity index is 1.23. The Bertz CT molecular complexity index is 1080. The normalized spacial score (nSPS) is 19.4. The predicted octanol–water partition coefficient (Wildman–Crippen LogP) is 4.16. The van der Waals surface area contributed by atoms with E-state index >= 15 is 0 Å². The van der Waals surface area contributed by atoms with Crippen LogP contribution >= 0.6 is 11.3 Å². The summed E-state index contributed by atoms with van der Waals surface area (Å²) >= 11 is 1.50. The molecule has 2 aromatic rings. The Morgan fingerprint density at radius 2 is 1.89 bits per heavy atom. The number of benzene rings is 1. The van der Waals surface area contributed by atoms with Gasteiger partial charge in [0.1, 0.15) is 11.6 Å². The largest absolute Gasteiger partial charge is 0.342 e. The number of unbranched alkanes of at least 4 members (excludes halogenated alkanes) is 1. The van der Waals surface area contributed by atoms with Crippen LogP contribution in [-0.2, 0) is 16.0 Å². The Morgan fingerprint density at radius 1 is 1.13 bits per heavy atom. The van der Waals surface area contributed by atoms with Crippen molar-refractivity contribution in [3.8, 4) is 0 Å². The first kappa shape index (κ1) is 28.1. The number of nitrogens with zero attached hydrogens (tertiary/aromatic N) is 2. The molecule has 3 heterocycles. The van der Waals surface area contributed by atoms with Crippen LogP contribution in [-0.4, -0.2) is 71.9 Å². The zero-order valence-electron chi connectivity index (χ0n) is 22.6. The number of rotatable bonds is 11. The predicted molar refractivity (Wildman–Crippen MR) is 152 cm³/mol. The van der Waals surface area contributed by atoms with E-state index in [-0.39, 0.29) is 17.8 Å². The molecule has 2 aliphatic rings. The third kappa shape index (κ3) is 6.94. The molecule has 2 saturated heterocycles. The van der Waals surface area contributed by atoms with Gasteiger partial charge in [0, 0.05) is 32.7 Å². The summed E-state index contributed by atoms with van der Waals surface area (Å²) in [5.74, 6) is 0.0463. The van der Waals surface area contributed by atoms with E-state index in [1.54, 1.807) is 0 Å². The number of hydrogen-bond donors (Lipinski definition) is 3. The minimum absolute atomic E-state index is 0.00186. The van der Waals surface area contributed by atoms with Gasteiger partial charge in [0.15, 0.2) is 0 Å². The molecular formula is C29H41N5O3S. The molecule has 9 heteroatoms. The molecule has 1 spiro atoms. The van der Waals surface area contributed by atoms with Crippen molar-refractivity contribution in [1.82, 2.24) is 20.4 Å². The molecule has 0 unspecified atom stereocenters. The summed E-state index contributed by atoms with van der Waals surface area (Å²) in [6, 6.07) is 11.7. The summed E-state index contributed by atoms with van der Waals surface area (Å²) in [5.41, 5.74) is 1.71. The van der Waals surface area contributed by atoms with E-state index in [4.69, 9.17) is 0 Å². The standard InChI is InChI=1S/C29H41N5O3S/c1-3-16-34-26(35)24(11-7-8-15-30-28(37)32-25-20-22(2)21-38-25)31-27(36)29(34)13-18-33(19-14-29)17-12-23-9-5-4-6-10-23/h4-6,9-10,20-21,24H,3,7-8,11-19H2,1-2H3,(H,31,36)(H2,30,32,37)/t24-/m0/s1. The van der Waals surface area contributed by atoms with Crippen molar-refractivity contribution in [2.75, 3.05) is 38.0 Å². The monoisotopic (exact) mass is 539 g/mol. The van der Waals surface area contributed by atoms with Crippen LogP contribution in [0.1, 0.15) is 56.6 Å². The first-order chi connectivity index (χ1) is 18.4. The molecule has 2 fully saturated rings. The van der Waals surface area contributed by atoms with Crippen molar-refractivity contribution < 1.29 is 14.4 Å². The molecule has 4 amide bonds. The van der Waals surface area contributed by atoms with E-state index < -0.39 is 11.6 Å². The maximum atomic E-state index is 13.5. The van der Waals surface area contributed by atoms with Crippen LogP contribution in [0.5, 0.6) is 0 Å². The summed E-state index contributed by atoms with van der Waals surface area (Å²) in [4.78, 5) is 43.4. The number of carbonyl (C=O) groups is 3. The molecule has 1 aromatic heterocycles. The van der Waals surface area contributed by atoms with Crippen molar-refractivity contribution in [2.24, 2.45) is 0 Å². The molecule has 2 aliphatic heterocycles. The number of likely N-dealkylation sites (tertiary alicyclic amines) is 1. The number of carbonyl (C=O) groups excluding carboxylic acids is 3. The molecule has 0 saturated carbocycles. The molecule has 1 atom stereocenters. The second kappa shape index (κ2) is 13.2. The number of piperazine rings is 1. The van der Waals surface area contributed by atoms with Crippen LogP contribution in [0.2, 0.25) is 0 Å².